The number of sulfone groups is 1. The molecule has 5 nitrogen and oxygen atoms in total. The van der Waals surface area contributed by atoms with E-state index in [1.807, 2.05) is 0 Å². The van der Waals surface area contributed by atoms with Crippen LogP contribution in [-0.2, 0) is 14.6 Å². The summed E-state index contributed by atoms with van der Waals surface area (Å²) < 4.78 is 28.2. The molecule has 2 aliphatic rings. The van der Waals surface area contributed by atoms with Gasteiger partial charge in [-0.15, -0.1) is 0 Å². The highest BCUT2D eigenvalue weighted by atomic mass is 32.2. The van der Waals surface area contributed by atoms with Crippen molar-refractivity contribution in [2.75, 3.05) is 12.3 Å². The van der Waals surface area contributed by atoms with Crippen LogP contribution in [0, 0.1) is 0 Å². The minimum atomic E-state index is -2.95. The second-order valence-corrected chi connectivity index (χ2v) is 7.80. The molecular weight excluding hydrogens is 230 g/mol. The van der Waals surface area contributed by atoms with Crippen molar-refractivity contribution in [3.05, 3.63) is 0 Å². The van der Waals surface area contributed by atoms with Crippen LogP contribution < -0.4 is 0 Å². The molecule has 0 radical (unpaired) electrons. The maximum atomic E-state index is 11.8. The number of hydrogen-bond donors (Lipinski definition) is 0. The van der Waals surface area contributed by atoms with Gasteiger partial charge in [-0.1, -0.05) is 0 Å². The average Bonchev–Trinajstić information content (AvgIpc) is 2.54. The summed E-state index contributed by atoms with van der Waals surface area (Å²) in [6.07, 6.45) is 0.177. The first kappa shape index (κ1) is 11.7. The van der Waals surface area contributed by atoms with Gasteiger partial charge in [0.05, 0.1) is 17.0 Å². The predicted octanol–water partition coefficient (Wildman–Crippen LogP) is 0.793. The number of fused-ring (bicyclic) bond motifs is 2. The van der Waals surface area contributed by atoms with E-state index in [2.05, 4.69) is 0 Å². The van der Waals surface area contributed by atoms with E-state index in [1.54, 1.807) is 25.7 Å². The lowest BCUT2D eigenvalue weighted by Crippen LogP contribution is -2.46. The molecule has 0 aromatic rings. The van der Waals surface area contributed by atoms with E-state index in [1.165, 1.54) is 0 Å². The van der Waals surface area contributed by atoms with Gasteiger partial charge >= 0.3 is 6.09 Å². The monoisotopic (exact) mass is 247 g/mol. The van der Waals surface area contributed by atoms with E-state index in [0.29, 0.717) is 13.0 Å². The van der Waals surface area contributed by atoms with E-state index in [4.69, 9.17) is 4.74 Å². The fraction of sp³-hybridized carbons (Fsp3) is 0.900. The SMILES string of the molecule is CC(C)(C)OC(=O)N1C[C@@H]2C[C@H]1CS2(=O)=O. The highest BCUT2D eigenvalue weighted by molar-refractivity contribution is 7.92. The fourth-order valence-corrected chi connectivity index (χ4v) is 4.27. The lowest BCUT2D eigenvalue weighted by molar-refractivity contribution is 0.0237. The molecule has 2 atom stereocenters. The van der Waals surface area contributed by atoms with Gasteiger partial charge in [0, 0.05) is 6.54 Å². The molecule has 2 fully saturated rings. The number of carbonyl (C=O) groups excluding carboxylic acids is 1. The van der Waals surface area contributed by atoms with E-state index >= 15 is 0 Å². The first-order chi connectivity index (χ1) is 7.19. The van der Waals surface area contributed by atoms with Crippen molar-refractivity contribution in [3.63, 3.8) is 0 Å². The molecule has 1 amide bonds. The van der Waals surface area contributed by atoms with Gasteiger partial charge in [0.2, 0.25) is 0 Å². The Morgan fingerprint density at radius 1 is 1.38 bits per heavy atom. The Morgan fingerprint density at radius 2 is 2.00 bits per heavy atom. The minimum Gasteiger partial charge on any atom is -0.444 e. The number of nitrogens with zero attached hydrogens (tertiary/aromatic N) is 1. The summed E-state index contributed by atoms with van der Waals surface area (Å²) in [4.78, 5) is 13.3. The number of ether oxygens (including phenoxy) is 1. The van der Waals surface area contributed by atoms with Crippen LogP contribution in [0.2, 0.25) is 0 Å². The van der Waals surface area contributed by atoms with Crippen molar-refractivity contribution in [1.29, 1.82) is 0 Å². The second kappa shape index (κ2) is 3.35. The molecule has 0 aliphatic carbocycles. The summed E-state index contributed by atoms with van der Waals surface area (Å²) in [5.74, 6) is 0.0942. The van der Waals surface area contributed by atoms with Gasteiger partial charge in [0.1, 0.15) is 5.60 Å². The largest absolute Gasteiger partial charge is 0.444 e. The standard InChI is InChI=1S/C10H17NO4S/c1-10(2,3)15-9(12)11-5-8-4-7(11)6-16(8,13)14/h7-8H,4-6H2,1-3H3/t7-,8-/m0/s1. The second-order valence-electron chi connectivity index (χ2n) is 5.47. The molecule has 2 heterocycles. The van der Waals surface area contributed by atoms with Crippen LogP contribution in [0.4, 0.5) is 4.79 Å². The Hall–Kier alpha value is -0.780. The van der Waals surface area contributed by atoms with Crippen LogP contribution in [0.25, 0.3) is 0 Å². The van der Waals surface area contributed by atoms with Crippen molar-refractivity contribution in [2.45, 2.75) is 44.1 Å². The van der Waals surface area contributed by atoms with E-state index in [-0.39, 0.29) is 17.0 Å². The van der Waals surface area contributed by atoms with Gasteiger partial charge in [-0.3, -0.25) is 0 Å². The summed E-state index contributed by atoms with van der Waals surface area (Å²) in [6, 6.07) is -0.176. The molecule has 0 aromatic heterocycles. The predicted molar refractivity (Wildman–Crippen MR) is 58.9 cm³/mol. The van der Waals surface area contributed by atoms with Crippen LogP contribution in [0.3, 0.4) is 0 Å². The maximum absolute atomic E-state index is 11.8. The van der Waals surface area contributed by atoms with Crippen molar-refractivity contribution in [2.24, 2.45) is 0 Å². The van der Waals surface area contributed by atoms with Crippen molar-refractivity contribution >= 4 is 15.9 Å². The Balaban J connectivity index is 2.04. The third-order valence-corrected chi connectivity index (χ3v) is 5.14. The highest BCUT2D eigenvalue weighted by Gasteiger charge is 2.50. The third kappa shape index (κ3) is 2.03. The molecule has 0 aromatic carbocycles. The third-order valence-electron chi connectivity index (χ3n) is 2.94. The fourth-order valence-electron chi connectivity index (χ4n) is 2.24. The van der Waals surface area contributed by atoms with Gasteiger partial charge in [-0.25, -0.2) is 13.2 Å². The molecule has 2 aliphatic heterocycles. The summed E-state index contributed by atoms with van der Waals surface area (Å²) in [7, 11) is -2.95. The molecule has 0 spiro atoms. The summed E-state index contributed by atoms with van der Waals surface area (Å²) in [6.45, 7) is 5.70. The molecule has 0 N–H and O–H groups in total. The Bertz CT molecular complexity index is 409. The summed E-state index contributed by atoms with van der Waals surface area (Å²) in [5.41, 5.74) is -0.530. The molecule has 0 unspecified atom stereocenters. The number of carbonyl (C=O) groups is 1. The van der Waals surface area contributed by atoms with Crippen molar-refractivity contribution < 1.29 is 17.9 Å². The average molecular weight is 247 g/mol. The van der Waals surface area contributed by atoms with E-state index < -0.39 is 21.5 Å². The molecule has 92 valence electrons. The Morgan fingerprint density at radius 3 is 2.38 bits per heavy atom. The van der Waals surface area contributed by atoms with Crippen LogP contribution in [0.1, 0.15) is 27.2 Å². The minimum absolute atomic E-state index is 0.0942. The van der Waals surface area contributed by atoms with Crippen LogP contribution in [-0.4, -0.2) is 48.6 Å². The molecule has 2 rings (SSSR count). The number of amides is 1. The van der Waals surface area contributed by atoms with E-state index in [0.717, 1.165) is 0 Å². The highest BCUT2D eigenvalue weighted by Crippen LogP contribution is 2.33. The lowest BCUT2D eigenvalue weighted by atomic mass is 10.2. The van der Waals surface area contributed by atoms with Crippen LogP contribution >= 0.6 is 0 Å². The van der Waals surface area contributed by atoms with Crippen LogP contribution in [0.5, 0.6) is 0 Å². The van der Waals surface area contributed by atoms with Gasteiger partial charge in [0.15, 0.2) is 9.84 Å². The van der Waals surface area contributed by atoms with Gasteiger partial charge < -0.3 is 9.64 Å². The van der Waals surface area contributed by atoms with Gasteiger partial charge in [-0.2, -0.15) is 0 Å². The smallest absolute Gasteiger partial charge is 0.410 e. The number of rotatable bonds is 0. The van der Waals surface area contributed by atoms with Crippen molar-refractivity contribution in [1.82, 2.24) is 4.90 Å². The summed E-state index contributed by atoms with van der Waals surface area (Å²) in [5, 5.41) is -0.370. The first-order valence-corrected chi connectivity index (χ1v) is 7.12. The number of hydrogen-bond acceptors (Lipinski definition) is 4. The molecule has 0 saturated carbocycles. The zero-order valence-corrected chi connectivity index (χ0v) is 10.6. The van der Waals surface area contributed by atoms with Gasteiger partial charge in [0.25, 0.3) is 0 Å². The van der Waals surface area contributed by atoms with Crippen molar-refractivity contribution in [3.8, 4) is 0 Å². The topological polar surface area (TPSA) is 63.7 Å². The molecular formula is C10H17NO4S. The Kier molecular flexibility index (Phi) is 2.45. The summed E-state index contributed by atoms with van der Waals surface area (Å²) >= 11 is 0. The number of likely N-dealkylation sites (tertiary alicyclic amines) is 1. The first-order valence-electron chi connectivity index (χ1n) is 5.40. The quantitative estimate of drug-likeness (QED) is 0.635. The Labute approximate surface area is 95.7 Å². The van der Waals surface area contributed by atoms with Crippen LogP contribution in [0.15, 0.2) is 0 Å². The molecule has 6 heteroatoms. The molecule has 16 heavy (non-hydrogen) atoms. The normalized spacial score (nSPS) is 31.8. The van der Waals surface area contributed by atoms with Gasteiger partial charge in [-0.05, 0) is 27.2 Å². The molecule has 2 saturated heterocycles. The zero-order chi connectivity index (χ0) is 12.1. The zero-order valence-electron chi connectivity index (χ0n) is 9.76. The lowest BCUT2D eigenvalue weighted by Gasteiger charge is -2.29. The maximum Gasteiger partial charge on any atom is 0.410 e. The molecule has 2 bridgehead atoms. The van der Waals surface area contributed by atoms with E-state index in [9.17, 15) is 13.2 Å².